The lowest BCUT2D eigenvalue weighted by Crippen LogP contribution is -2.43. The predicted octanol–water partition coefficient (Wildman–Crippen LogP) is 3.43. The zero-order valence-corrected chi connectivity index (χ0v) is 12.3. The normalized spacial score (nSPS) is 28.8. The van der Waals surface area contributed by atoms with Crippen LogP contribution >= 0.6 is 0 Å². The minimum absolute atomic E-state index is 0.782. The summed E-state index contributed by atoms with van der Waals surface area (Å²) in [5.74, 6) is 1.82. The molecule has 4 rings (SSSR count). The average Bonchev–Trinajstić information content (AvgIpc) is 2.81. The van der Waals surface area contributed by atoms with Crippen LogP contribution in [0.4, 0.5) is 0 Å². The summed E-state index contributed by atoms with van der Waals surface area (Å²) < 4.78 is 5.64. The van der Waals surface area contributed by atoms with E-state index in [1.54, 1.807) is 5.57 Å². The summed E-state index contributed by atoms with van der Waals surface area (Å²) in [5.41, 5.74) is 5.34. The van der Waals surface area contributed by atoms with Gasteiger partial charge in [-0.15, -0.1) is 0 Å². The van der Waals surface area contributed by atoms with Gasteiger partial charge in [0.2, 0.25) is 0 Å². The van der Waals surface area contributed by atoms with Crippen molar-refractivity contribution in [1.82, 2.24) is 10.1 Å². The Morgan fingerprint density at radius 2 is 2.11 bits per heavy atom. The topological polar surface area (TPSA) is 29.3 Å². The summed E-state index contributed by atoms with van der Waals surface area (Å²) in [7, 11) is 0. The van der Waals surface area contributed by atoms with Crippen molar-refractivity contribution < 1.29 is 4.52 Å². The standard InChI is InChI=1S/C16H24N2O/c1-4-5-15-12(3)16(19-17-15)11(2)14-10-18-8-6-13(14)7-9-18/h13H,4-10H2,1-3H3/b14-11+. The molecule has 0 aromatic carbocycles. The van der Waals surface area contributed by atoms with E-state index < -0.39 is 0 Å². The fraction of sp³-hybridized carbons (Fsp3) is 0.688. The lowest BCUT2D eigenvalue weighted by Gasteiger charge is -2.41. The number of nitrogens with zero attached hydrogens (tertiary/aromatic N) is 2. The summed E-state index contributed by atoms with van der Waals surface area (Å²) in [4.78, 5) is 2.57. The molecule has 4 heterocycles. The van der Waals surface area contributed by atoms with Crippen molar-refractivity contribution in [2.75, 3.05) is 19.6 Å². The molecule has 3 heteroatoms. The Bertz CT molecular complexity index is 493. The molecule has 1 aromatic rings. The Balaban J connectivity index is 1.93. The monoisotopic (exact) mass is 260 g/mol. The molecule has 0 N–H and O–H groups in total. The molecule has 3 fully saturated rings. The molecule has 3 aliphatic rings. The number of hydrogen-bond donors (Lipinski definition) is 0. The van der Waals surface area contributed by atoms with E-state index in [0.717, 1.165) is 36.8 Å². The first-order valence-corrected chi connectivity index (χ1v) is 7.58. The highest BCUT2D eigenvalue weighted by Crippen LogP contribution is 2.37. The molecule has 19 heavy (non-hydrogen) atoms. The van der Waals surface area contributed by atoms with Gasteiger partial charge in [0.15, 0.2) is 5.76 Å². The Kier molecular flexibility index (Phi) is 3.48. The molecule has 0 saturated carbocycles. The molecule has 3 nitrogen and oxygen atoms in total. The van der Waals surface area contributed by atoms with E-state index in [0.29, 0.717) is 0 Å². The first-order valence-electron chi connectivity index (χ1n) is 7.58. The second-order valence-electron chi connectivity index (χ2n) is 6.03. The number of fused-ring (bicyclic) bond motifs is 3. The lowest BCUT2D eigenvalue weighted by atomic mass is 9.81. The molecule has 0 spiro atoms. The highest BCUT2D eigenvalue weighted by atomic mass is 16.5. The SMILES string of the molecule is CCCc1noc(/C(C)=C2\CN3CCC2CC3)c1C. The van der Waals surface area contributed by atoms with Crippen LogP contribution in [0.3, 0.4) is 0 Å². The Hall–Kier alpha value is -1.09. The Morgan fingerprint density at radius 1 is 1.37 bits per heavy atom. The van der Waals surface area contributed by atoms with Gasteiger partial charge < -0.3 is 4.52 Å². The molecule has 1 aromatic heterocycles. The number of aromatic nitrogens is 1. The van der Waals surface area contributed by atoms with E-state index in [4.69, 9.17) is 4.52 Å². The number of aryl methyl sites for hydroxylation is 1. The van der Waals surface area contributed by atoms with Gasteiger partial charge in [0.1, 0.15) is 0 Å². The molecule has 104 valence electrons. The fourth-order valence-corrected chi connectivity index (χ4v) is 3.57. The number of rotatable bonds is 3. The van der Waals surface area contributed by atoms with Crippen LogP contribution in [-0.2, 0) is 6.42 Å². The average molecular weight is 260 g/mol. The van der Waals surface area contributed by atoms with Crippen LogP contribution in [0.15, 0.2) is 10.1 Å². The molecule has 0 amide bonds. The van der Waals surface area contributed by atoms with Crippen LogP contribution in [0.2, 0.25) is 0 Å². The maximum Gasteiger partial charge on any atom is 0.165 e. The van der Waals surface area contributed by atoms with Gasteiger partial charge in [0, 0.05) is 12.1 Å². The van der Waals surface area contributed by atoms with E-state index in [9.17, 15) is 0 Å². The van der Waals surface area contributed by atoms with Gasteiger partial charge in [-0.05, 0) is 63.3 Å². The van der Waals surface area contributed by atoms with Gasteiger partial charge in [-0.25, -0.2) is 0 Å². The first kappa shape index (κ1) is 12.9. The molecular weight excluding hydrogens is 236 g/mol. The maximum absolute atomic E-state index is 5.64. The summed E-state index contributed by atoms with van der Waals surface area (Å²) in [6.07, 6.45) is 4.79. The van der Waals surface area contributed by atoms with Crippen LogP contribution in [0, 0.1) is 12.8 Å². The third kappa shape index (κ3) is 2.25. The Morgan fingerprint density at radius 3 is 2.68 bits per heavy atom. The second-order valence-corrected chi connectivity index (χ2v) is 6.03. The minimum Gasteiger partial charge on any atom is -0.356 e. The van der Waals surface area contributed by atoms with E-state index in [-0.39, 0.29) is 0 Å². The largest absolute Gasteiger partial charge is 0.356 e. The second kappa shape index (κ2) is 5.12. The van der Waals surface area contributed by atoms with Crippen molar-refractivity contribution in [3.8, 4) is 0 Å². The zero-order chi connectivity index (χ0) is 13.4. The van der Waals surface area contributed by atoms with Gasteiger partial charge >= 0.3 is 0 Å². The van der Waals surface area contributed by atoms with Gasteiger partial charge in [-0.3, -0.25) is 4.90 Å². The quantitative estimate of drug-likeness (QED) is 0.833. The first-order chi connectivity index (χ1) is 9.20. The van der Waals surface area contributed by atoms with Crippen molar-refractivity contribution in [2.45, 2.75) is 46.5 Å². The van der Waals surface area contributed by atoms with E-state index >= 15 is 0 Å². The molecular formula is C16H24N2O. The highest BCUT2D eigenvalue weighted by Gasteiger charge is 2.31. The van der Waals surface area contributed by atoms with Crippen molar-refractivity contribution in [3.63, 3.8) is 0 Å². The van der Waals surface area contributed by atoms with E-state index in [1.807, 2.05) is 0 Å². The van der Waals surface area contributed by atoms with Gasteiger partial charge in [0.05, 0.1) is 5.69 Å². The van der Waals surface area contributed by atoms with Crippen molar-refractivity contribution in [3.05, 3.63) is 22.6 Å². The van der Waals surface area contributed by atoms with Crippen LogP contribution < -0.4 is 0 Å². The van der Waals surface area contributed by atoms with Crippen molar-refractivity contribution >= 4 is 5.57 Å². The number of hydrogen-bond acceptors (Lipinski definition) is 3. The van der Waals surface area contributed by atoms with E-state index in [2.05, 4.69) is 30.8 Å². The van der Waals surface area contributed by atoms with Gasteiger partial charge in [0.25, 0.3) is 0 Å². The summed E-state index contributed by atoms with van der Waals surface area (Å²) in [6.45, 7) is 10.3. The summed E-state index contributed by atoms with van der Waals surface area (Å²) in [5, 5.41) is 4.26. The maximum atomic E-state index is 5.64. The molecule has 3 aliphatic heterocycles. The van der Waals surface area contributed by atoms with Crippen molar-refractivity contribution in [2.24, 2.45) is 5.92 Å². The van der Waals surface area contributed by atoms with E-state index in [1.165, 1.54) is 37.1 Å². The minimum atomic E-state index is 0.782. The smallest absolute Gasteiger partial charge is 0.165 e. The highest BCUT2D eigenvalue weighted by molar-refractivity contribution is 5.67. The fourth-order valence-electron chi connectivity index (χ4n) is 3.57. The third-order valence-electron chi connectivity index (χ3n) is 4.80. The predicted molar refractivity (Wildman–Crippen MR) is 77.0 cm³/mol. The van der Waals surface area contributed by atoms with Gasteiger partial charge in [-0.1, -0.05) is 18.5 Å². The number of piperidine rings is 3. The van der Waals surface area contributed by atoms with Gasteiger partial charge in [-0.2, -0.15) is 0 Å². The summed E-state index contributed by atoms with van der Waals surface area (Å²) >= 11 is 0. The number of allylic oxidation sites excluding steroid dienone is 1. The van der Waals surface area contributed by atoms with Crippen LogP contribution in [0.25, 0.3) is 5.57 Å². The molecule has 0 aliphatic carbocycles. The van der Waals surface area contributed by atoms with Crippen LogP contribution in [0.5, 0.6) is 0 Å². The van der Waals surface area contributed by atoms with Crippen molar-refractivity contribution in [1.29, 1.82) is 0 Å². The molecule has 0 unspecified atom stereocenters. The molecule has 2 bridgehead atoms. The molecule has 0 radical (unpaired) electrons. The lowest BCUT2D eigenvalue weighted by molar-refractivity contribution is 0.162. The Labute approximate surface area is 115 Å². The third-order valence-corrected chi connectivity index (χ3v) is 4.80. The van der Waals surface area contributed by atoms with Crippen LogP contribution in [-0.4, -0.2) is 29.7 Å². The molecule has 0 atom stereocenters. The summed E-state index contributed by atoms with van der Waals surface area (Å²) in [6, 6.07) is 0. The molecule has 3 saturated heterocycles. The van der Waals surface area contributed by atoms with Crippen LogP contribution in [0.1, 0.15) is 50.1 Å². The zero-order valence-electron chi connectivity index (χ0n) is 12.3.